The molecule has 1 aromatic carbocycles. The highest BCUT2D eigenvalue weighted by Gasteiger charge is 2.31. The normalized spacial score (nSPS) is 20.9. The lowest BCUT2D eigenvalue weighted by Crippen LogP contribution is -2.43. The Labute approximate surface area is 175 Å². The average Bonchev–Trinajstić information content (AvgIpc) is 3.09. The molecule has 7 nitrogen and oxygen atoms in total. The molecule has 0 radical (unpaired) electrons. The fraction of sp³-hybridized carbons (Fsp3) is 0.500. The van der Waals surface area contributed by atoms with Crippen molar-refractivity contribution in [2.75, 3.05) is 31.2 Å². The Kier molecular flexibility index (Phi) is 6.00. The molecule has 1 atom stereocenters. The first-order valence-electron chi connectivity index (χ1n) is 9.89. The molecule has 1 saturated heterocycles. The van der Waals surface area contributed by atoms with Crippen molar-refractivity contribution >= 4 is 32.4 Å². The van der Waals surface area contributed by atoms with Crippen LogP contribution in [0.15, 0.2) is 30.3 Å². The van der Waals surface area contributed by atoms with Crippen molar-refractivity contribution in [3.63, 3.8) is 0 Å². The number of anilines is 1. The first kappa shape index (κ1) is 20.5. The summed E-state index contributed by atoms with van der Waals surface area (Å²) in [6.07, 6.45) is 3.48. The van der Waals surface area contributed by atoms with Gasteiger partial charge in [0.15, 0.2) is 5.13 Å². The van der Waals surface area contributed by atoms with Gasteiger partial charge in [0.05, 0.1) is 17.9 Å². The fourth-order valence-electron chi connectivity index (χ4n) is 3.94. The van der Waals surface area contributed by atoms with Crippen LogP contribution >= 0.6 is 11.3 Å². The zero-order valence-corrected chi connectivity index (χ0v) is 18.1. The van der Waals surface area contributed by atoms with E-state index in [0.29, 0.717) is 24.5 Å². The Balaban J connectivity index is 1.37. The van der Waals surface area contributed by atoms with Gasteiger partial charge in [0.25, 0.3) is 0 Å². The standard InChI is InChI=1S/C20H26N4O3S2/c1-29(26,27)24-10-5-8-16(13-24)19(25)22-20-21-17-9-11-23(14-18(17)28-20)12-15-6-3-2-4-7-15/h2-4,6-7,16H,5,8-14H2,1H3,(H,21,22,25). The number of amides is 1. The van der Waals surface area contributed by atoms with Crippen molar-refractivity contribution in [3.8, 4) is 0 Å². The third-order valence-corrected chi connectivity index (χ3v) is 7.78. The van der Waals surface area contributed by atoms with Gasteiger partial charge >= 0.3 is 0 Å². The number of nitrogens with zero attached hydrogens (tertiary/aromatic N) is 3. The van der Waals surface area contributed by atoms with Gasteiger partial charge in [-0.3, -0.25) is 9.69 Å². The minimum Gasteiger partial charge on any atom is -0.302 e. The van der Waals surface area contributed by atoms with Gasteiger partial charge in [-0.1, -0.05) is 30.3 Å². The lowest BCUT2D eigenvalue weighted by atomic mass is 9.99. The molecule has 1 unspecified atom stereocenters. The SMILES string of the molecule is CS(=O)(=O)N1CCCC(C(=O)Nc2nc3c(s2)CN(Cc2ccccc2)CC3)C1. The molecule has 156 valence electrons. The van der Waals surface area contributed by atoms with Crippen molar-refractivity contribution in [3.05, 3.63) is 46.5 Å². The third kappa shape index (κ3) is 5.03. The summed E-state index contributed by atoms with van der Waals surface area (Å²) >= 11 is 1.53. The van der Waals surface area contributed by atoms with Gasteiger partial charge in [-0.05, 0) is 18.4 Å². The number of hydrogen-bond donors (Lipinski definition) is 1. The van der Waals surface area contributed by atoms with Crippen LogP contribution in [-0.4, -0.2) is 54.4 Å². The van der Waals surface area contributed by atoms with Gasteiger partial charge in [0.2, 0.25) is 15.9 Å². The molecule has 29 heavy (non-hydrogen) atoms. The van der Waals surface area contributed by atoms with Gasteiger partial charge in [-0.2, -0.15) is 0 Å². The molecular formula is C20H26N4O3S2. The minimum atomic E-state index is -3.26. The second-order valence-corrected chi connectivity index (χ2v) is 10.9. The molecule has 0 saturated carbocycles. The molecule has 3 heterocycles. The zero-order chi connectivity index (χ0) is 20.4. The first-order chi connectivity index (χ1) is 13.9. The van der Waals surface area contributed by atoms with E-state index in [-0.39, 0.29) is 18.4 Å². The molecule has 1 fully saturated rings. The Morgan fingerprint density at radius 2 is 2.07 bits per heavy atom. The van der Waals surface area contributed by atoms with Gasteiger partial charge in [-0.25, -0.2) is 17.7 Å². The van der Waals surface area contributed by atoms with Crippen LogP contribution in [0.1, 0.15) is 29.0 Å². The van der Waals surface area contributed by atoms with E-state index in [0.717, 1.165) is 31.7 Å². The van der Waals surface area contributed by atoms with E-state index in [9.17, 15) is 13.2 Å². The Bertz CT molecular complexity index is 975. The summed E-state index contributed by atoms with van der Waals surface area (Å²) in [6.45, 7) is 3.43. The molecule has 1 N–H and O–H groups in total. The Hall–Kier alpha value is -1.81. The highest BCUT2D eigenvalue weighted by Crippen LogP contribution is 2.30. The quantitative estimate of drug-likeness (QED) is 0.781. The molecule has 1 amide bonds. The monoisotopic (exact) mass is 434 g/mol. The van der Waals surface area contributed by atoms with E-state index in [4.69, 9.17) is 0 Å². The number of thiazole rings is 1. The minimum absolute atomic E-state index is 0.134. The number of rotatable bonds is 5. The molecule has 2 aromatic rings. The predicted octanol–water partition coefficient (Wildman–Crippen LogP) is 2.31. The maximum absolute atomic E-state index is 12.7. The highest BCUT2D eigenvalue weighted by molar-refractivity contribution is 7.88. The number of fused-ring (bicyclic) bond motifs is 1. The second kappa shape index (κ2) is 8.51. The molecule has 0 aliphatic carbocycles. The smallest absolute Gasteiger partial charge is 0.230 e. The number of nitrogens with one attached hydrogen (secondary N) is 1. The maximum atomic E-state index is 12.7. The summed E-state index contributed by atoms with van der Waals surface area (Å²) in [5, 5.41) is 3.56. The summed E-state index contributed by atoms with van der Waals surface area (Å²) in [5.74, 6) is -0.459. The van der Waals surface area contributed by atoms with Crippen molar-refractivity contribution in [2.24, 2.45) is 5.92 Å². The summed E-state index contributed by atoms with van der Waals surface area (Å²) in [6, 6.07) is 10.4. The largest absolute Gasteiger partial charge is 0.302 e. The van der Waals surface area contributed by atoms with E-state index in [1.807, 2.05) is 6.07 Å². The number of aromatic nitrogens is 1. The second-order valence-electron chi connectivity index (χ2n) is 7.78. The topological polar surface area (TPSA) is 82.6 Å². The molecule has 9 heteroatoms. The molecule has 4 rings (SSSR count). The average molecular weight is 435 g/mol. The van der Waals surface area contributed by atoms with Crippen LogP contribution in [0.5, 0.6) is 0 Å². The number of carbonyl (C=O) groups excluding carboxylic acids is 1. The van der Waals surface area contributed by atoms with Crippen LogP contribution in [0.2, 0.25) is 0 Å². The van der Waals surface area contributed by atoms with Gasteiger partial charge in [0, 0.05) is 44.0 Å². The van der Waals surface area contributed by atoms with E-state index >= 15 is 0 Å². The number of hydrogen-bond acceptors (Lipinski definition) is 6. The summed E-state index contributed by atoms with van der Waals surface area (Å²) in [7, 11) is -3.26. The van der Waals surface area contributed by atoms with E-state index in [2.05, 4.69) is 39.5 Å². The molecule has 2 aliphatic heterocycles. The number of benzene rings is 1. The summed E-state index contributed by atoms with van der Waals surface area (Å²) in [5.41, 5.74) is 2.36. The highest BCUT2D eigenvalue weighted by atomic mass is 32.2. The Morgan fingerprint density at radius 3 is 2.83 bits per heavy atom. The van der Waals surface area contributed by atoms with Crippen molar-refractivity contribution in [1.82, 2.24) is 14.2 Å². The summed E-state index contributed by atoms with van der Waals surface area (Å²) in [4.78, 5) is 20.9. The molecule has 0 bridgehead atoms. The van der Waals surface area contributed by atoms with Crippen LogP contribution in [0.3, 0.4) is 0 Å². The summed E-state index contributed by atoms with van der Waals surface area (Å²) < 4.78 is 25.0. The van der Waals surface area contributed by atoms with Gasteiger partial charge in [0.1, 0.15) is 0 Å². The number of carbonyl (C=O) groups is 1. The fourth-order valence-corrected chi connectivity index (χ4v) is 5.91. The maximum Gasteiger partial charge on any atom is 0.230 e. The van der Waals surface area contributed by atoms with Gasteiger partial charge < -0.3 is 5.32 Å². The van der Waals surface area contributed by atoms with E-state index in [1.54, 1.807) is 0 Å². The lowest BCUT2D eigenvalue weighted by Gasteiger charge is -2.29. The number of sulfonamides is 1. The van der Waals surface area contributed by atoms with Crippen LogP contribution in [0.25, 0.3) is 0 Å². The van der Waals surface area contributed by atoms with Gasteiger partial charge in [-0.15, -0.1) is 11.3 Å². The van der Waals surface area contributed by atoms with Crippen molar-refractivity contribution in [1.29, 1.82) is 0 Å². The van der Waals surface area contributed by atoms with Crippen molar-refractivity contribution in [2.45, 2.75) is 32.4 Å². The zero-order valence-electron chi connectivity index (χ0n) is 16.5. The Morgan fingerprint density at radius 1 is 1.28 bits per heavy atom. The molecule has 0 spiro atoms. The van der Waals surface area contributed by atoms with Crippen LogP contribution < -0.4 is 5.32 Å². The molecule has 2 aliphatic rings. The predicted molar refractivity (Wildman–Crippen MR) is 114 cm³/mol. The van der Waals surface area contributed by atoms with E-state index < -0.39 is 10.0 Å². The molecule has 1 aromatic heterocycles. The lowest BCUT2D eigenvalue weighted by molar-refractivity contribution is -0.120. The molecular weight excluding hydrogens is 408 g/mol. The first-order valence-corrected chi connectivity index (χ1v) is 12.6. The van der Waals surface area contributed by atoms with Crippen molar-refractivity contribution < 1.29 is 13.2 Å². The van der Waals surface area contributed by atoms with E-state index in [1.165, 1.54) is 32.3 Å². The van der Waals surface area contributed by atoms with Crippen LogP contribution in [0.4, 0.5) is 5.13 Å². The van der Waals surface area contributed by atoms with Crippen LogP contribution in [-0.2, 0) is 34.3 Å². The van der Waals surface area contributed by atoms with Crippen LogP contribution in [0, 0.1) is 5.92 Å². The number of piperidine rings is 1. The third-order valence-electron chi connectivity index (χ3n) is 5.51.